The van der Waals surface area contributed by atoms with E-state index in [1.54, 1.807) is 4.90 Å². The molecular formula is C11H20N2O3. The molecule has 1 saturated heterocycles. The Bertz CT molecular complexity index is 258. The number of rotatable bonds is 4. The molecule has 1 amide bonds. The van der Waals surface area contributed by atoms with E-state index in [0.29, 0.717) is 38.8 Å². The van der Waals surface area contributed by atoms with Crippen molar-refractivity contribution in [2.24, 2.45) is 11.7 Å². The van der Waals surface area contributed by atoms with E-state index in [1.165, 1.54) is 0 Å². The summed E-state index contributed by atoms with van der Waals surface area (Å²) < 4.78 is 0. The van der Waals surface area contributed by atoms with Crippen molar-refractivity contribution in [3.8, 4) is 0 Å². The third kappa shape index (κ3) is 3.81. The molecule has 0 aromatic carbocycles. The maximum absolute atomic E-state index is 11.7. The molecule has 16 heavy (non-hydrogen) atoms. The van der Waals surface area contributed by atoms with Crippen molar-refractivity contribution in [1.29, 1.82) is 0 Å². The van der Waals surface area contributed by atoms with Crippen LogP contribution in [0.2, 0.25) is 0 Å². The summed E-state index contributed by atoms with van der Waals surface area (Å²) in [5.41, 5.74) is 5.58. The fourth-order valence-electron chi connectivity index (χ4n) is 1.89. The van der Waals surface area contributed by atoms with Crippen LogP contribution in [-0.2, 0) is 9.59 Å². The van der Waals surface area contributed by atoms with E-state index in [0.717, 1.165) is 0 Å². The molecule has 1 aliphatic rings. The maximum atomic E-state index is 11.7. The van der Waals surface area contributed by atoms with Gasteiger partial charge in [0, 0.05) is 25.6 Å². The van der Waals surface area contributed by atoms with Gasteiger partial charge in [0.1, 0.15) is 0 Å². The molecule has 0 radical (unpaired) electrons. The molecule has 0 spiro atoms. The lowest BCUT2D eigenvalue weighted by atomic mass is 9.97. The van der Waals surface area contributed by atoms with Crippen LogP contribution in [0.4, 0.5) is 0 Å². The highest BCUT2D eigenvalue weighted by Crippen LogP contribution is 2.18. The summed E-state index contributed by atoms with van der Waals surface area (Å²) in [5.74, 6) is -0.929. The first-order valence-corrected chi connectivity index (χ1v) is 5.77. The lowest BCUT2D eigenvalue weighted by Crippen LogP contribution is -2.40. The summed E-state index contributed by atoms with van der Waals surface area (Å²) in [6.45, 7) is 3.01. The highest BCUT2D eigenvalue weighted by molar-refractivity contribution is 5.77. The van der Waals surface area contributed by atoms with Gasteiger partial charge in [-0.1, -0.05) is 0 Å². The van der Waals surface area contributed by atoms with Gasteiger partial charge < -0.3 is 15.7 Å². The van der Waals surface area contributed by atoms with Crippen LogP contribution in [0.15, 0.2) is 0 Å². The molecule has 3 N–H and O–H groups in total. The van der Waals surface area contributed by atoms with Crippen molar-refractivity contribution in [3.63, 3.8) is 0 Å². The van der Waals surface area contributed by atoms with Crippen molar-refractivity contribution < 1.29 is 14.7 Å². The van der Waals surface area contributed by atoms with Crippen LogP contribution >= 0.6 is 0 Å². The average molecular weight is 228 g/mol. The lowest BCUT2D eigenvalue weighted by Gasteiger charge is -2.30. The van der Waals surface area contributed by atoms with Crippen LogP contribution in [0.3, 0.4) is 0 Å². The molecule has 1 heterocycles. The number of carbonyl (C=O) groups is 2. The van der Waals surface area contributed by atoms with Gasteiger partial charge in [0.15, 0.2) is 0 Å². The molecule has 1 atom stereocenters. The van der Waals surface area contributed by atoms with Gasteiger partial charge in [-0.15, -0.1) is 0 Å². The van der Waals surface area contributed by atoms with E-state index >= 15 is 0 Å². The zero-order chi connectivity index (χ0) is 12.1. The summed E-state index contributed by atoms with van der Waals surface area (Å²) in [6, 6.07) is 0.0421. The summed E-state index contributed by atoms with van der Waals surface area (Å²) in [7, 11) is 0. The largest absolute Gasteiger partial charge is 0.481 e. The van der Waals surface area contributed by atoms with Crippen molar-refractivity contribution in [3.05, 3.63) is 0 Å². The van der Waals surface area contributed by atoms with E-state index in [9.17, 15) is 9.59 Å². The molecule has 0 bridgehead atoms. The smallest absolute Gasteiger partial charge is 0.306 e. The minimum atomic E-state index is -0.748. The molecule has 0 aromatic rings. The average Bonchev–Trinajstić information content (AvgIpc) is 2.26. The van der Waals surface area contributed by atoms with Crippen LogP contribution in [0.1, 0.15) is 32.6 Å². The lowest BCUT2D eigenvalue weighted by molar-refractivity contribution is -0.145. The zero-order valence-corrected chi connectivity index (χ0v) is 9.69. The molecule has 1 fully saturated rings. The fourth-order valence-corrected chi connectivity index (χ4v) is 1.89. The zero-order valence-electron chi connectivity index (χ0n) is 9.69. The molecule has 0 saturated carbocycles. The van der Waals surface area contributed by atoms with Crippen LogP contribution in [0.5, 0.6) is 0 Å². The number of amides is 1. The Morgan fingerprint density at radius 1 is 1.44 bits per heavy atom. The van der Waals surface area contributed by atoms with Gasteiger partial charge in [-0.05, 0) is 26.2 Å². The van der Waals surface area contributed by atoms with Crippen LogP contribution in [0, 0.1) is 5.92 Å². The maximum Gasteiger partial charge on any atom is 0.306 e. The van der Waals surface area contributed by atoms with Crippen molar-refractivity contribution in [2.75, 3.05) is 13.1 Å². The normalized spacial score (nSPS) is 19.5. The Balaban J connectivity index is 2.30. The van der Waals surface area contributed by atoms with Gasteiger partial charge in [0.05, 0.1) is 5.92 Å². The number of carboxylic acids is 1. The second-order valence-corrected chi connectivity index (χ2v) is 4.51. The predicted molar refractivity (Wildman–Crippen MR) is 59.8 cm³/mol. The summed E-state index contributed by atoms with van der Waals surface area (Å²) in [5, 5.41) is 8.82. The number of nitrogens with zero attached hydrogens (tertiary/aromatic N) is 1. The van der Waals surface area contributed by atoms with E-state index in [1.807, 2.05) is 6.92 Å². The molecule has 92 valence electrons. The standard InChI is InChI=1S/C11H20N2O3/c1-8(12)2-3-10(14)13-6-4-9(5-7-13)11(15)16/h8-9H,2-7,12H2,1H3,(H,15,16). The Hall–Kier alpha value is -1.10. The minimum absolute atomic E-state index is 0.0421. The number of carboxylic acid groups (broad SMARTS) is 1. The molecule has 1 aliphatic heterocycles. The third-order valence-corrected chi connectivity index (χ3v) is 3.01. The Kier molecular flexibility index (Phi) is 4.73. The van der Waals surface area contributed by atoms with E-state index < -0.39 is 5.97 Å². The van der Waals surface area contributed by atoms with Gasteiger partial charge >= 0.3 is 5.97 Å². The van der Waals surface area contributed by atoms with Gasteiger partial charge in [-0.25, -0.2) is 0 Å². The Labute approximate surface area is 95.6 Å². The second kappa shape index (κ2) is 5.84. The van der Waals surface area contributed by atoms with Crippen LogP contribution in [0.25, 0.3) is 0 Å². The molecule has 1 unspecified atom stereocenters. The van der Waals surface area contributed by atoms with Gasteiger partial charge in [-0.3, -0.25) is 9.59 Å². The van der Waals surface area contributed by atoms with Crippen molar-refractivity contribution in [1.82, 2.24) is 4.90 Å². The number of piperidine rings is 1. The van der Waals surface area contributed by atoms with Gasteiger partial charge in [0.2, 0.25) is 5.91 Å². The number of nitrogens with two attached hydrogens (primary N) is 1. The van der Waals surface area contributed by atoms with Crippen LogP contribution in [-0.4, -0.2) is 41.0 Å². The number of likely N-dealkylation sites (tertiary alicyclic amines) is 1. The Morgan fingerprint density at radius 3 is 2.44 bits per heavy atom. The monoisotopic (exact) mass is 228 g/mol. The fraction of sp³-hybridized carbons (Fsp3) is 0.818. The SMILES string of the molecule is CC(N)CCC(=O)N1CCC(C(=O)O)CC1. The molecule has 0 aliphatic carbocycles. The number of hydrogen-bond donors (Lipinski definition) is 2. The van der Waals surface area contributed by atoms with E-state index in [4.69, 9.17) is 10.8 Å². The highest BCUT2D eigenvalue weighted by Gasteiger charge is 2.26. The molecule has 5 nitrogen and oxygen atoms in total. The predicted octanol–water partition coefficient (Wildman–Crippen LogP) is 0.437. The molecule has 1 rings (SSSR count). The highest BCUT2D eigenvalue weighted by atomic mass is 16.4. The molecule has 5 heteroatoms. The number of hydrogen-bond acceptors (Lipinski definition) is 3. The van der Waals surface area contributed by atoms with Gasteiger partial charge in [0.25, 0.3) is 0 Å². The quantitative estimate of drug-likeness (QED) is 0.731. The Morgan fingerprint density at radius 2 is 2.00 bits per heavy atom. The number of carbonyl (C=O) groups excluding carboxylic acids is 1. The van der Waals surface area contributed by atoms with Crippen molar-refractivity contribution >= 4 is 11.9 Å². The molecular weight excluding hydrogens is 208 g/mol. The molecule has 0 aromatic heterocycles. The van der Waals surface area contributed by atoms with Crippen LogP contribution < -0.4 is 5.73 Å². The topological polar surface area (TPSA) is 83.6 Å². The minimum Gasteiger partial charge on any atom is -0.481 e. The van der Waals surface area contributed by atoms with E-state index in [2.05, 4.69) is 0 Å². The van der Waals surface area contributed by atoms with Crippen molar-refractivity contribution in [2.45, 2.75) is 38.6 Å². The summed E-state index contributed by atoms with van der Waals surface area (Å²) in [6.07, 6.45) is 2.30. The first-order chi connectivity index (χ1) is 7.50. The second-order valence-electron chi connectivity index (χ2n) is 4.51. The van der Waals surface area contributed by atoms with E-state index in [-0.39, 0.29) is 17.9 Å². The third-order valence-electron chi connectivity index (χ3n) is 3.01. The summed E-state index contributed by atoms with van der Waals surface area (Å²) >= 11 is 0. The first kappa shape index (κ1) is 13.0. The summed E-state index contributed by atoms with van der Waals surface area (Å²) in [4.78, 5) is 24.2. The number of aliphatic carboxylic acids is 1. The first-order valence-electron chi connectivity index (χ1n) is 5.77. The van der Waals surface area contributed by atoms with Gasteiger partial charge in [-0.2, -0.15) is 0 Å².